The predicted octanol–water partition coefficient (Wildman–Crippen LogP) is 3.10. The maximum absolute atomic E-state index is 6.08. The monoisotopic (exact) mass is 302 g/mol. The summed E-state index contributed by atoms with van der Waals surface area (Å²) in [5.41, 5.74) is 7.01. The van der Waals surface area contributed by atoms with Crippen LogP contribution >= 0.6 is 23.2 Å². The molecule has 19 heavy (non-hydrogen) atoms. The molecule has 2 rings (SSSR count). The third-order valence-corrected chi connectivity index (χ3v) is 4.28. The van der Waals surface area contributed by atoms with E-state index in [1.54, 1.807) is 6.07 Å². The lowest BCUT2D eigenvalue weighted by Gasteiger charge is -2.34. The Morgan fingerprint density at radius 2 is 2.00 bits per heavy atom. The first-order valence-electron chi connectivity index (χ1n) is 6.52. The molecular weight excluding hydrogens is 283 g/mol. The number of likely N-dealkylation sites (N-methyl/N-ethyl adjacent to an activating group) is 1. The Morgan fingerprint density at radius 3 is 2.47 bits per heavy atom. The summed E-state index contributed by atoms with van der Waals surface area (Å²) in [6.45, 7) is 3.44. The second-order valence-corrected chi connectivity index (χ2v) is 5.92. The minimum absolute atomic E-state index is 0.102. The van der Waals surface area contributed by atoms with Crippen molar-refractivity contribution in [2.45, 2.75) is 31.5 Å². The zero-order valence-corrected chi connectivity index (χ0v) is 12.8. The number of nitrogens with two attached hydrogens (primary N) is 1. The first-order chi connectivity index (χ1) is 9.02. The van der Waals surface area contributed by atoms with Gasteiger partial charge in [0, 0.05) is 35.3 Å². The van der Waals surface area contributed by atoms with Crippen LogP contribution in [0.25, 0.3) is 0 Å². The molecule has 0 aliphatic carbocycles. The van der Waals surface area contributed by atoms with Crippen molar-refractivity contribution in [1.82, 2.24) is 4.90 Å². The molecule has 0 aromatic heterocycles. The summed E-state index contributed by atoms with van der Waals surface area (Å²) < 4.78 is 5.63. The second-order valence-electron chi connectivity index (χ2n) is 5.05. The second kappa shape index (κ2) is 6.42. The first-order valence-corrected chi connectivity index (χ1v) is 7.28. The van der Waals surface area contributed by atoms with Crippen LogP contribution in [-0.2, 0) is 4.74 Å². The molecule has 1 aliphatic rings. The molecule has 3 atom stereocenters. The lowest BCUT2D eigenvalue weighted by atomic mass is 10.0. The fourth-order valence-corrected chi connectivity index (χ4v) is 3.33. The van der Waals surface area contributed by atoms with Gasteiger partial charge in [-0.15, -0.1) is 0 Å². The fraction of sp³-hybridized carbons (Fsp3) is 0.571. The molecule has 5 heteroatoms. The number of nitrogens with zero attached hydrogens (tertiary/aromatic N) is 1. The molecule has 106 valence electrons. The van der Waals surface area contributed by atoms with Crippen molar-refractivity contribution < 1.29 is 4.74 Å². The minimum atomic E-state index is 0.102. The highest BCUT2D eigenvalue weighted by atomic mass is 35.5. The highest BCUT2D eigenvalue weighted by Gasteiger charge is 2.32. The average molecular weight is 303 g/mol. The van der Waals surface area contributed by atoms with Gasteiger partial charge in [0.05, 0.1) is 6.10 Å². The van der Waals surface area contributed by atoms with E-state index in [0.717, 1.165) is 18.6 Å². The van der Waals surface area contributed by atoms with E-state index in [1.807, 2.05) is 12.1 Å². The van der Waals surface area contributed by atoms with Crippen molar-refractivity contribution >= 4 is 23.2 Å². The summed E-state index contributed by atoms with van der Waals surface area (Å²) in [6, 6.07) is 6.09. The largest absolute Gasteiger partial charge is 0.377 e. The van der Waals surface area contributed by atoms with E-state index in [0.29, 0.717) is 22.6 Å². The van der Waals surface area contributed by atoms with Gasteiger partial charge in [-0.2, -0.15) is 0 Å². The predicted molar refractivity (Wildman–Crippen MR) is 79.8 cm³/mol. The summed E-state index contributed by atoms with van der Waals surface area (Å²) in [4.78, 5) is 2.28. The Labute approximate surface area is 124 Å². The van der Waals surface area contributed by atoms with E-state index in [4.69, 9.17) is 33.7 Å². The van der Waals surface area contributed by atoms with E-state index in [-0.39, 0.29) is 12.1 Å². The van der Waals surface area contributed by atoms with Gasteiger partial charge in [0.1, 0.15) is 0 Å². The third kappa shape index (κ3) is 3.41. The molecule has 3 nitrogen and oxygen atoms in total. The number of ether oxygens (including phenoxy) is 1. The number of hydrogen-bond acceptors (Lipinski definition) is 3. The van der Waals surface area contributed by atoms with Gasteiger partial charge in [0.2, 0.25) is 0 Å². The van der Waals surface area contributed by atoms with Gasteiger partial charge < -0.3 is 10.5 Å². The summed E-state index contributed by atoms with van der Waals surface area (Å²) in [5, 5.41) is 1.29. The van der Waals surface area contributed by atoms with Gasteiger partial charge >= 0.3 is 0 Å². The zero-order chi connectivity index (χ0) is 14.0. The Kier molecular flexibility index (Phi) is 5.09. The smallest absolute Gasteiger partial charge is 0.0703 e. The molecule has 1 aromatic rings. The number of hydrogen-bond donors (Lipinski definition) is 1. The Balaban J connectivity index is 2.23. The molecule has 2 N–H and O–H groups in total. The van der Waals surface area contributed by atoms with Crippen LogP contribution in [-0.4, -0.2) is 37.2 Å². The normalized spacial score (nSPS) is 24.9. The maximum Gasteiger partial charge on any atom is 0.0703 e. The van der Waals surface area contributed by atoms with Crippen molar-refractivity contribution in [2.24, 2.45) is 5.73 Å². The van der Waals surface area contributed by atoms with Crippen LogP contribution < -0.4 is 5.73 Å². The fourth-order valence-electron chi connectivity index (χ4n) is 2.79. The Hall–Kier alpha value is -0.320. The van der Waals surface area contributed by atoms with E-state index >= 15 is 0 Å². The molecule has 0 bridgehead atoms. The highest BCUT2D eigenvalue weighted by Crippen LogP contribution is 2.30. The van der Waals surface area contributed by atoms with Crippen LogP contribution in [0.15, 0.2) is 18.2 Å². The molecule has 0 saturated carbocycles. The van der Waals surface area contributed by atoms with E-state index < -0.39 is 0 Å². The highest BCUT2D eigenvalue weighted by molar-refractivity contribution is 6.34. The Bertz CT molecular complexity index is 421. The van der Waals surface area contributed by atoms with Gasteiger partial charge in [0.15, 0.2) is 0 Å². The van der Waals surface area contributed by atoms with Gasteiger partial charge in [-0.1, -0.05) is 23.2 Å². The molecule has 1 saturated heterocycles. The molecule has 0 spiro atoms. The molecule has 1 heterocycles. The molecule has 1 aliphatic heterocycles. The lowest BCUT2D eigenvalue weighted by molar-refractivity contribution is 0.0686. The average Bonchev–Trinajstić information content (AvgIpc) is 2.75. The SMILES string of the molecule is CC1OCCC1N(C)C(CN)c1cc(Cl)cc(Cl)c1. The summed E-state index contributed by atoms with van der Waals surface area (Å²) >= 11 is 12.2. The number of rotatable bonds is 4. The van der Waals surface area contributed by atoms with Crippen LogP contribution in [0.2, 0.25) is 10.0 Å². The van der Waals surface area contributed by atoms with Crippen molar-refractivity contribution in [3.05, 3.63) is 33.8 Å². The molecule has 0 amide bonds. The van der Waals surface area contributed by atoms with Crippen LogP contribution in [0.5, 0.6) is 0 Å². The summed E-state index contributed by atoms with van der Waals surface area (Å²) in [6.07, 6.45) is 1.26. The van der Waals surface area contributed by atoms with Gasteiger partial charge in [-0.3, -0.25) is 4.90 Å². The number of halogens is 2. The molecule has 1 fully saturated rings. The van der Waals surface area contributed by atoms with Gasteiger partial charge in [-0.25, -0.2) is 0 Å². The van der Waals surface area contributed by atoms with Crippen molar-refractivity contribution in [3.63, 3.8) is 0 Å². The topological polar surface area (TPSA) is 38.5 Å². The van der Waals surface area contributed by atoms with E-state index in [2.05, 4.69) is 18.9 Å². The van der Waals surface area contributed by atoms with Crippen molar-refractivity contribution in [1.29, 1.82) is 0 Å². The van der Waals surface area contributed by atoms with E-state index in [1.165, 1.54) is 0 Å². The van der Waals surface area contributed by atoms with Crippen LogP contribution in [0.3, 0.4) is 0 Å². The van der Waals surface area contributed by atoms with Crippen LogP contribution in [0, 0.1) is 0 Å². The van der Waals surface area contributed by atoms with Gasteiger partial charge in [0.25, 0.3) is 0 Å². The lowest BCUT2D eigenvalue weighted by Crippen LogP contribution is -2.42. The first kappa shape index (κ1) is 15.1. The van der Waals surface area contributed by atoms with Crippen molar-refractivity contribution in [2.75, 3.05) is 20.2 Å². The van der Waals surface area contributed by atoms with Crippen LogP contribution in [0.1, 0.15) is 24.9 Å². The van der Waals surface area contributed by atoms with Crippen molar-refractivity contribution in [3.8, 4) is 0 Å². The summed E-state index contributed by atoms with van der Waals surface area (Å²) in [5.74, 6) is 0. The summed E-state index contributed by atoms with van der Waals surface area (Å²) in [7, 11) is 2.09. The molecule has 3 unspecified atom stereocenters. The third-order valence-electron chi connectivity index (χ3n) is 3.84. The zero-order valence-electron chi connectivity index (χ0n) is 11.3. The van der Waals surface area contributed by atoms with Crippen LogP contribution in [0.4, 0.5) is 0 Å². The van der Waals surface area contributed by atoms with E-state index in [9.17, 15) is 0 Å². The minimum Gasteiger partial charge on any atom is -0.377 e. The van der Waals surface area contributed by atoms with Gasteiger partial charge in [-0.05, 0) is 44.2 Å². The quantitative estimate of drug-likeness (QED) is 0.929. The standard InChI is InChI=1S/C14H20Cl2N2O/c1-9-13(3-4-19-9)18(2)14(8-17)10-5-11(15)7-12(16)6-10/h5-7,9,13-14H,3-4,8,17H2,1-2H3. The maximum atomic E-state index is 6.08. The Morgan fingerprint density at radius 1 is 1.37 bits per heavy atom. The molecular formula is C14H20Cl2N2O. The molecule has 0 radical (unpaired) electrons. The number of benzene rings is 1. The molecule has 1 aromatic carbocycles.